The summed E-state index contributed by atoms with van der Waals surface area (Å²) in [6.07, 6.45) is 3.25. The van der Waals surface area contributed by atoms with Gasteiger partial charge in [0.2, 0.25) is 0 Å². The summed E-state index contributed by atoms with van der Waals surface area (Å²) >= 11 is 0. The molecule has 5 nitrogen and oxygen atoms in total. The molecule has 3 aromatic rings. The normalized spacial score (nSPS) is 11.6. The minimum absolute atomic E-state index is 0.120. The van der Waals surface area contributed by atoms with E-state index in [-0.39, 0.29) is 11.1 Å². The predicted molar refractivity (Wildman–Crippen MR) is 94.6 cm³/mol. The molecule has 124 valence electrons. The van der Waals surface area contributed by atoms with E-state index >= 15 is 0 Å². The van der Waals surface area contributed by atoms with Crippen molar-refractivity contribution in [2.24, 2.45) is 0 Å². The number of carboxylic acids is 1. The van der Waals surface area contributed by atoms with E-state index in [9.17, 15) is 9.90 Å². The van der Waals surface area contributed by atoms with Gasteiger partial charge in [0.1, 0.15) is 5.65 Å². The van der Waals surface area contributed by atoms with Crippen LogP contribution in [0.5, 0.6) is 0 Å². The van der Waals surface area contributed by atoms with Crippen LogP contribution in [0.3, 0.4) is 0 Å². The standard InChI is InChI=1S/C19H21N3O2/c1-19(2,3)14-6-4-13(5-7-14)12-21-15-8-9-16-20-10-11-22(16)17(15)18(23)24/h4-11,21H,12H2,1-3H3,(H,23,24). The Hall–Kier alpha value is -2.82. The number of rotatable bonds is 4. The lowest BCUT2D eigenvalue weighted by Gasteiger charge is -2.19. The van der Waals surface area contributed by atoms with Crippen molar-refractivity contribution in [3.63, 3.8) is 0 Å². The number of carbonyl (C=O) groups is 1. The zero-order chi connectivity index (χ0) is 17.3. The van der Waals surface area contributed by atoms with Crippen molar-refractivity contribution in [2.45, 2.75) is 32.7 Å². The summed E-state index contributed by atoms with van der Waals surface area (Å²) in [6.45, 7) is 7.10. The van der Waals surface area contributed by atoms with Crippen LogP contribution in [0.25, 0.3) is 5.65 Å². The van der Waals surface area contributed by atoms with Gasteiger partial charge in [-0.15, -0.1) is 0 Å². The number of benzene rings is 1. The highest BCUT2D eigenvalue weighted by Gasteiger charge is 2.15. The van der Waals surface area contributed by atoms with Gasteiger partial charge in [0.25, 0.3) is 0 Å². The molecule has 0 aliphatic rings. The number of aromatic carboxylic acids is 1. The largest absolute Gasteiger partial charge is 0.476 e. The highest BCUT2D eigenvalue weighted by atomic mass is 16.4. The van der Waals surface area contributed by atoms with Crippen molar-refractivity contribution < 1.29 is 9.90 Å². The highest BCUT2D eigenvalue weighted by Crippen LogP contribution is 2.23. The van der Waals surface area contributed by atoms with Gasteiger partial charge in [0.05, 0.1) is 5.69 Å². The third kappa shape index (κ3) is 3.11. The van der Waals surface area contributed by atoms with Crippen molar-refractivity contribution in [3.8, 4) is 0 Å². The molecule has 2 aromatic heterocycles. The van der Waals surface area contributed by atoms with Crippen LogP contribution in [-0.2, 0) is 12.0 Å². The molecule has 0 saturated carbocycles. The van der Waals surface area contributed by atoms with E-state index in [1.54, 1.807) is 28.9 Å². The summed E-state index contributed by atoms with van der Waals surface area (Å²) in [5.74, 6) is -0.982. The second-order valence-electron chi connectivity index (χ2n) is 6.86. The van der Waals surface area contributed by atoms with E-state index in [4.69, 9.17) is 0 Å². The molecule has 2 heterocycles. The first-order chi connectivity index (χ1) is 11.4. The molecule has 0 spiro atoms. The van der Waals surface area contributed by atoms with Crippen molar-refractivity contribution in [1.29, 1.82) is 0 Å². The lowest BCUT2D eigenvalue weighted by atomic mass is 9.87. The third-order valence-corrected chi connectivity index (χ3v) is 4.07. The van der Waals surface area contributed by atoms with Gasteiger partial charge < -0.3 is 10.4 Å². The number of pyridine rings is 1. The first kappa shape index (κ1) is 16.1. The zero-order valence-electron chi connectivity index (χ0n) is 14.1. The molecule has 3 rings (SSSR count). The number of carboxylic acid groups (broad SMARTS) is 1. The minimum atomic E-state index is -0.982. The van der Waals surface area contributed by atoms with Crippen molar-refractivity contribution in [2.75, 3.05) is 5.32 Å². The van der Waals surface area contributed by atoms with Gasteiger partial charge in [0, 0.05) is 18.9 Å². The smallest absolute Gasteiger partial charge is 0.355 e. The monoisotopic (exact) mass is 323 g/mol. The van der Waals surface area contributed by atoms with Crippen molar-refractivity contribution in [1.82, 2.24) is 9.38 Å². The van der Waals surface area contributed by atoms with Crippen LogP contribution in [0.15, 0.2) is 48.8 Å². The fourth-order valence-electron chi connectivity index (χ4n) is 2.67. The quantitative estimate of drug-likeness (QED) is 0.763. The fourth-order valence-corrected chi connectivity index (χ4v) is 2.67. The Labute approximate surface area is 141 Å². The number of hydrogen-bond acceptors (Lipinski definition) is 3. The molecule has 0 amide bonds. The Kier molecular flexibility index (Phi) is 4.01. The van der Waals surface area contributed by atoms with Crippen LogP contribution in [0, 0.1) is 0 Å². The number of nitrogens with zero attached hydrogens (tertiary/aromatic N) is 2. The SMILES string of the molecule is CC(C)(C)c1ccc(CNc2ccc3nccn3c2C(=O)O)cc1. The van der Waals surface area contributed by atoms with Crippen molar-refractivity contribution in [3.05, 3.63) is 65.6 Å². The summed E-state index contributed by atoms with van der Waals surface area (Å²) in [4.78, 5) is 15.7. The number of imidazole rings is 1. The molecule has 0 aliphatic carbocycles. The Morgan fingerprint density at radius 3 is 2.50 bits per heavy atom. The van der Waals surface area contributed by atoms with Crippen LogP contribution in [0.1, 0.15) is 42.4 Å². The number of aromatic nitrogens is 2. The van der Waals surface area contributed by atoms with Crippen LogP contribution in [0.2, 0.25) is 0 Å². The second-order valence-corrected chi connectivity index (χ2v) is 6.86. The number of fused-ring (bicyclic) bond motifs is 1. The first-order valence-electron chi connectivity index (χ1n) is 7.89. The Bertz CT molecular complexity index is 874. The molecule has 24 heavy (non-hydrogen) atoms. The molecule has 5 heteroatoms. The average Bonchev–Trinajstić information content (AvgIpc) is 3.00. The maximum absolute atomic E-state index is 11.6. The van der Waals surface area contributed by atoms with E-state index in [0.717, 1.165) is 5.56 Å². The van der Waals surface area contributed by atoms with Gasteiger partial charge in [-0.05, 0) is 28.7 Å². The molecule has 0 saturated heterocycles. The Morgan fingerprint density at radius 2 is 1.88 bits per heavy atom. The molecular formula is C19H21N3O2. The van der Waals surface area contributed by atoms with Crippen LogP contribution in [0.4, 0.5) is 5.69 Å². The molecule has 1 aromatic carbocycles. The maximum atomic E-state index is 11.6. The topological polar surface area (TPSA) is 66.6 Å². The van der Waals surface area contributed by atoms with Crippen LogP contribution >= 0.6 is 0 Å². The molecule has 2 N–H and O–H groups in total. The summed E-state index contributed by atoms with van der Waals surface area (Å²) in [7, 11) is 0. The predicted octanol–water partition coefficient (Wildman–Crippen LogP) is 3.94. The maximum Gasteiger partial charge on any atom is 0.355 e. The molecule has 0 radical (unpaired) electrons. The van der Waals surface area contributed by atoms with Crippen LogP contribution in [-0.4, -0.2) is 20.5 Å². The number of nitrogens with one attached hydrogen (secondary N) is 1. The van der Waals surface area contributed by atoms with Gasteiger partial charge >= 0.3 is 5.97 Å². The van der Waals surface area contributed by atoms with E-state index in [0.29, 0.717) is 17.9 Å². The fraction of sp³-hybridized carbons (Fsp3) is 0.263. The molecule has 0 aliphatic heterocycles. The van der Waals surface area contributed by atoms with Crippen molar-refractivity contribution >= 4 is 17.3 Å². The molecule has 0 unspecified atom stereocenters. The van der Waals surface area contributed by atoms with E-state index < -0.39 is 5.97 Å². The van der Waals surface area contributed by atoms with Gasteiger partial charge in [-0.3, -0.25) is 4.40 Å². The van der Waals surface area contributed by atoms with Gasteiger partial charge in [-0.2, -0.15) is 0 Å². The minimum Gasteiger partial charge on any atom is -0.476 e. The molecule has 0 fully saturated rings. The Morgan fingerprint density at radius 1 is 1.17 bits per heavy atom. The number of anilines is 1. The Balaban J connectivity index is 1.83. The average molecular weight is 323 g/mol. The molecule has 0 bridgehead atoms. The van der Waals surface area contributed by atoms with E-state index in [1.165, 1.54) is 5.56 Å². The molecule has 0 atom stereocenters. The van der Waals surface area contributed by atoms with Gasteiger partial charge in [-0.1, -0.05) is 45.0 Å². The third-order valence-electron chi connectivity index (χ3n) is 4.07. The van der Waals surface area contributed by atoms with E-state index in [1.807, 2.05) is 0 Å². The second kappa shape index (κ2) is 6.00. The first-order valence-corrected chi connectivity index (χ1v) is 7.89. The summed E-state index contributed by atoms with van der Waals surface area (Å²) in [5, 5.41) is 12.7. The summed E-state index contributed by atoms with van der Waals surface area (Å²) in [5.41, 5.74) is 3.88. The van der Waals surface area contributed by atoms with Gasteiger partial charge in [0.15, 0.2) is 5.69 Å². The highest BCUT2D eigenvalue weighted by molar-refractivity contribution is 5.93. The van der Waals surface area contributed by atoms with Crippen LogP contribution < -0.4 is 5.32 Å². The van der Waals surface area contributed by atoms with Gasteiger partial charge in [-0.25, -0.2) is 9.78 Å². The lowest BCUT2D eigenvalue weighted by Crippen LogP contribution is -2.12. The zero-order valence-corrected chi connectivity index (χ0v) is 14.1. The number of hydrogen-bond donors (Lipinski definition) is 2. The van der Waals surface area contributed by atoms with E-state index in [2.05, 4.69) is 55.3 Å². The molecular weight excluding hydrogens is 302 g/mol. The summed E-state index contributed by atoms with van der Waals surface area (Å²) in [6, 6.07) is 11.9. The summed E-state index contributed by atoms with van der Waals surface area (Å²) < 4.78 is 1.58. The lowest BCUT2D eigenvalue weighted by molar-refractivity contribution is 0.0690.